The van der Waals surface area contributed by atoms with Gasteiger partial charge in [-0.2, -0.15) is 0 Å². The summed E-state index contributed by atoms with van der Waals surface area (Å²) >= 11 is 10.6. The van der Waals surface area contributed by atoms with Gasteiger partial charge in [0.1, 0.15) is 4.99 Å². The molecule has 0 atom stereocenters. The Labute approximate surface area is 105 Å². The minimum absolute atomic E-state index is 0.0966. The Hall–Kier alpha value is -0.690. The van der Waals surface area contributed by atoms with Crippen LogP contribution >= 0.6 is 23.8 Å². The van der Waals surface area contributed by atoms with Gasteiger partial charge in [-0.1, -0.05) is 30.7 Å². The SMILES string of the molecule is CCNS(=O)(=O)c1ccc(C(N)=S)c(Cl)c1. The molecule has 0 fully saturated rings. The molecule has 0 aliphatic rings. The number of thiocarbonyl (C=S) groups is 1. The van der Waals surface area contributed by atoms with E-state index in [9.17, 15) is 8.42 Å². The zero-order valence-electron chi connectivity index (χ0n) is 8.53. The molecule has 0 radical (unpaired) electrons. The molecule has 0 aromatic heterocycles. The van der Waals surface area contributed by atoms with Crippen molar-refractivity contribution >= 4 is 38.8 Å². The van der Waals surface area contributed by atoms with Crippen LogP contribution in [0.15, 0.2) is 23.1 Å². The molecule has 4 nitrogen and oxygen atoms in total. The average molecular weight is 279 g/mol. The molecule has 0 spiro atoms. The molecule has 1 rings (SSSR count). The van der Waals surface area contributed by atoms with Crippen LogP contribution in [0.2, 0.25) is 5.02 Å². The minimum Gasteiger partial charge on any atom is -0.389 e. The van der Waals surface area contributed by atoms with E-state index >= 15 is 0 Å². The third-order valence-electron chi connectivity index (χ3n) is 1.85. The largest absolute Gasteiger partial charge is 0.389 e. The van der Waals surface area contributed by atoms with Crippen molar-refractivity contribution in [3.8, 4) is 0 Å². The topological polar surface area (TPSA) is 72.2 Å². The maximum Gasteiger partial charge on any atom is 0.240 e. The Morgan fingerprint density at radius 3 is 2.62 bits per heavy atom. The zero-order valence-corrected chi connectivity index (χ0v) is 10.9. The average Bonchev–Trinajstić information content (AvgIpc) is 2.16. The van der Waals surface area contributed by atoms with Gasteiger partial charge in [-0.15, -0.1) is 0 Å². The molecule has 0 saturated carbocycles. The van der Waals surface area contributed by atoms with Gasteiger partial charge < -0.3 is 5.73 Å². The van der Waals surface area contributed by atoms with Crippen molar-refractivity contribution in [1.29, 1.82) is 0 Å². The van der Waals surface area contributed by atoms with Crippen molar-refractivity contribution in [3.63, 3.8) is 0 Å². The van der Waals surface area contributed by atoms with E-state index in [1.54, 1.807) is 6.92 Å². The second-order valence-corrected chi connectivity index (χ2v) is 5.62. The lowest BCUT2D eigenvalue weighted by atomic mass is 10.2. The fourth-order valence-corrected chi connectivity index (χ4v) is 2.78. The van der Waals surface area contributed by atoms with Crippen LogP contribution in [0, 0.1) is 0 Å². The molecule has 16 heavy (non-hydrogen) atoms. The van der Waals surface area contributed by atoms with Gasteiger partial charge in [-0.3, -0.25) is 0 Å². The lowest BCUT2D eigenvalue weighted by molar-refractivity contribution is 0.584. The highest BCUT2D eigenvalue weighted by Gasteiger charge is 2.14. The summed E-state index contributed by atoms with van der Waals surface area (Å²) in [5.41, 5.74) is 5.88. The Bertz CT molecular complexity index is 514. The molecule has 1 aromatic rings. The van der Waals surface area contributed by atoms with Crippen molar-refractivity contribution in [2.24, 2.45) is 5.73 Å². The quantitative estimate of drug-likeness (QED) is 0.814. The van der Waals surface area contributed by atoms with Crippen LogP contribution in [0.4, 0.5) is 0 Å². The minimum atomic E-state index is -3.49. The first kappa shape index (κ1) is 13.4. The van der Waals surface area contributed by atoms with Crippen LogP contribution in [0.5, 0.6) is 0 Å². The van der Waals surface area contributed by atoms with Crippen molar-refractivity contribution < 1.29 is 8.42 Å². The third kappa shape index (κ3) is 2.91. The summed E-state index contributed by atoms with van der Waals surface area (Å²) < 4.78 is 25.6. The first-order chi connectivity index (χ1) is 7.38. The van der Waals surface area contributed by atoms with Gasteiger partial charge in [0.25, 0.3) is 0 Å². The molecular formula is C9H11ClN2O2S2. The summed E-state index contributed by atoms with van der Waals surface area (Å²) in [6, 6.07) is 4.24. The summed E-state index contributed by atoms with van der Waals surface area (Å²) in [4.78, 5) is 0.233. The number of hydrogen-bond acceptors (Lipinski definition) is 3. The van der Waals surface area contributed by atoms with Crippen molar-refractivity contribution in [3.05, 3.63) is 28.8 Å². The van der Waals surface area contributed by atoms with E-state index < -0.39 is 10.0 Å². The predicted molar refractivity (Wildman–Crippen MR) is 68.2 cm³/mol. The number of sulfonamides is 1. The van der Waals surface area contributed by atoms with E-state index in [4.69, 9.17) is 29.6 Å². The van der Waals surface area contributed by atoms with Crippen LogP contribution in [-0.4, -0.2) is 20.0 Å². The van der Waals surface area contributed by atoms with Crippen LogP contribution in [0.25, 0.3) is 0 Å². The van der Waals surface area contributed by atoms with Crippen LogP contribution in [0.3, 0.4) is 0 Å². The molecule has 0 aliphatic heterocycles. The van der Waals surface area contributed by atoms with E-state index in [0.717, 1.165) is 0 Å². The van der Waals surface area contributed by atoms with Crippen molar-refractivity contribution in [2.45, 2.75) is 11.8 Å². The zero-order chi connectivity index (χ0) is 12.3. The number of rotatable bonds is 4. The molecular weight excluding hydrogens is 268 g/mol. The molecule has 1 aromatic carbocycles. The van der Waals surface area contributed by atoms with Gasteiger partial charge in [0.05, 0.1) is 9.92 Å². The van der Waals surface area contributed by atoms with Crippen LogP contribution < -0.4 is 10.5 Å². The van der Waals surface area contributed by atoms with Crippen LogP contribution in [0.1, 0.15) is 12.5 Å². The monoisotopic (exact) mass is 278 g/mol. The lowest BCUT2D eigenvalue weighted by Crippen LogP contribution is -2.23. The molecule has 3 N–H and O–H groups in total. The van der Waals surface area contributed by atoms with Crippen LogP contribution in [-0.2, 0) is 10.0 Å². The Morgan fingerprint density at radius 2 is 2.19 bits per heavy atom. The standard InChI is InChI=1S/C9H11ClN2O2S2/c1-2-12-16(13,14)6-3-4-7(9(11)15)8(10)5-6/h3-5,12H,2H2,1H3,(H2,11,15). The van der Waals surface area contributed by atoms with Gasteiger partial charge >= 0.3 is 0 Å². The fourth-order valence-electron chi connectivity index (χ4n) is 1.14. The lowest BCUT2D eigenvalue weighted by Gasteiger charge is -2.07. The molecule has 7 heteroatoms. The van der Waals surface area contributed by atoms with E-state index in [1.165, 1.54) is 18.2 Å². The van der Waals surface area contributed by atoms with E-state index in [-0.39, 0.29) is 14.9 Å². The first-order valence-corrected chi connectivity index (χ1v) is 6.74. The van der Waals surface area contributed by atoms with Gasteiger partial charge in [0.15, 0.2) is 0 Å². The van der Waals surface area contributed by atoms with Gasteiger partial charge in [0.2, 0.25) is 10.0 Å². The maximum atomic E-state index is 11.6. The predicted octanol–water partition coefficient (Wildman–Crippen LogP) is 1.27. The second kappa shape index (κ2) is 5.09. The second-order valence-electron chi connectivity index (χ2n) is 3.01. The molecule has 88 valence electrons. The van der Waals surface area contributed by atoms with Gasteiger partial charge in [-0.05, 0) is 18.2 Å². The van der Waals surface area contributed by atoms with Crippen molar-refractivity contribution in [1.82, 2.24) is 4.72 Å². The molecule has 0 unspecified atom stereocenters. The third-order valence-corrected chi connectivity index (χ3v) is 3.93. The molecule has 0 aliphatic carbocycles. The number of halogens is 1. The molecule has 0 amide bonds. The highest BCUT2D eigenvalue weighted by molar-refractivity contribution is 7.89. The van der Waals surface area contributed by atoms with Gasteiger partial charge in [0, 0.05) is 12.1 Å². The summed E-state index contributed by atoms with van der Waals surface area (Å²) in [6.07, 6.45) is 0. The first-order valence-electron chi connectivity index (χ1n) is 4.47. The molecule has 0 saturated heterocycles. The number of nitrogens with one attached hydrogen (secondary N) is 1. The fraction of sp³-hybridized carbons (Fsp3) is 0.222. The van der Waals surface area contributed by atoms with Gasteiger partial charge in [-0.25, -0.2) is 13.1 Å². The summed E-state index contributed by atoms with van der Waals surface area (Å²) in [7, 11) is -3.49. The summed E-state index contributed by atoms with van der Waals surface area (Å²) in [5.74, 6) is 0. The van der Waals surface area contributed by atoms with E-state index in [2.05, 4.69) is 4.72 Å². The highest BCUT2D eigenvalue weighted by Crippen LogP contribution is 2.20. The summed E-state index contributed by atoms with van der Waals surface area (Å²) in [6.45, 7) is 2.01. The molecule has 0 heterocycles. The normalized spacial score (nSPS) is 11.4. The van der Waals surface area contributed by atoms with Crippen molar-refractivity contribution in [2.75, 3.05) is 6.54 Å². The smallest absolute Gasteiger partial charge is 0.240 e. The van der Waals surface area contributed by atoms with E-state index in [0.29, 0.717) is 12.1 Å². The number of benzene rings is 1. The Kier molecular flexibility index (Phi) is 4.26. The summed E-state index contributed by atoms with van der Waals surface area (Å²) in [5, 5.41) is 0.228. The number of hydrogen-bond donors (Lipinski definition) is 2. The highest BCUT2D eigenvalue weighted by atomic mass is 35.5. The maximum absolute atomic E-state index is 11.6. The number of nitrogens with two attached hydrogens (primary N) is 1. The Balaban J connectivity index is 3.21. The Morgan fingerprint density at radius 1 is 1.56 bits per heavy atom. The molecule has 0 bridgehead atoms. The van der Waals surface area contributed by atoms with E-state index in [1.807, 2.05) is 0 Å².